The molecule has 5 rings (SSSR count). The Hall–Kier alpha value is -1.22. The number of rotatable bonds is 50. The highest BCUT2D eigenvalue weighted by molar-refractivity contribution is 7.67. The summed E-state index contributed by atoms with van der Waals surface area (Å²) in [5, 5.41) is 70.6. The van der Waals surface area contributed by atoms with Gasteiger partial charge in [-0.1, -0.05) is 28.0 Å². The summed E-state index contributed by atoms with van der Waals surface area (Å²) in [5.74, 6) is 6.18. The first-order chi connectivity index (χ1) is 59.6. The van der Waals surface area contributed by atoms with Crippen molar-refractivity contribution in [2.45, 2.75) is 157 Å². The van der Waals surface area contributed by atoms with Gasteiger partial charge in [0.2, 0.25) is 0 Å². The maximum Gasteiger partial charge on any atom is 0.472 e. The van der Waals surface area contributed by atoms with E-state index in [2.05, 4.69) is 120 Å². The molecule has 0 aliphatic carbocycles. The lowest BCUT2D eigenvalue weighted by molar-refractivity contribution is -0.312. The third-order valence-corrected chi connectivity index (χ3v) is 31.7. The summed E-state index contributed by atoms with van der Waals surface area (Å²) in [4.78, 5) is 203. The Balaban J connectivity index is 0.000000874. The molecule has 93 heteroatoms. The van der Waals surface area contributed by atoms with Crippen molar-refractivity contribution in [3.05, 3.63) is 20.9 Å². The molecule has 0 aromatic carbocycles. The molecule has 0 spiro atoms. The molecule has 5 heterocycles. The van der Waals surface area contributed by atoms with Crippen LogP contribution in [-0.2, 0) is 205 Å². The average Bonchev–Trinajstić information content (AvgIpc) is 1.63. The number of terminal acetylenes is 3. The zero-order valence-corrected chi connectivity index (χ0v) is 79.0. The molecule has 5 saturated heterocycles. The maximum absolute atomic E-state index is 12.1. The molecule has 12 N–H and O–H groups in total. The molecule has 5 aliphatic heterocycles. The molecular weight excluding hydrogens is 2180 g/mol. The van der Waals surface area contributed by atoms with Gasteiger partial charge in [0.1, 0.15) is 113 Å². The first-order valence-electron chi connectivity index (χ1n) is 32.4. The van der Waals surface area contributed by atoms with Crippen molar-refractivity contribution >= 4 is 125 Å². The van der Waals surface area contributed by atoms with Crippen LogP contribution in [0.25, 0.3) is 20.9 Å². The molecule has 36 atom stereocenters. The molecule has 772 valence electrons. The van der Waals surface area contributed by atoms with Crippen molar-refractivity contribution in [2.24, 2.45) is 10.2 Å². The van der Waals surface area contributed by atoms with Gasteiger partial charge in [0, 0.05) is 9.82 Å². The van der Waals surface area contributed by atoms with Crippen LogP contribution < -0.4 is 68.5 Å². The van der Waals surface area contributed by atoms with Crippen molar-refractivity contribution < 1.29 is 334 Å². The predicted molar refractivity (Wildman–Crippen MR) is 368 cm³/mol. The summed E-state index contributed by atoms with van der Waals surface area (Å²) in [6.07, 6.45) is -12.4. The third-order valence-electron chi connectivity index (χ3n) is 13.5. The lowest BCUT2D eigenvalue weighted by atomic mass is 10.1. The van der Waals surface area contributed by atoms with E-state index in [1.165, 1.54) is 34.6 Å². The van der Waals surface area contributed by atoms with Gasteiger partial charge in [-0.15, -0.1) is 19.3 Å². The Morgan fingerprint density at radius 1 is 0.326 bits per heavy atom. The molecular formula is C39H66N6O71P16-14. The van der Waals surface area contributed by atoms with Crippen LogP contribution in [0, 0.1) is 37.0 Å². The van der Waals surface area contributed by atoms with Gasteiger partial charge in [0.15, 0.2) is 12.6 Å². The zero-order valence-electron chi connectivity index (χ0n) is 64.7. The van der Waals surface area contributed by atoms with Crippen LogP contribution >= 0.6 is 125 Å². The maximum atomic E-state index is 12.1. The van der Waals surface area contributed by atoms with Gasteiger partial charge in [-0.05, 0) is 45.7 Å². The Labute approximate surface area is 734 Å². The molecule has 0 aromatic heterocycles. The van der Waals surface area contributed by atoms with E-state index in [-0.39, 0.29) is 13.2 Å². The average molecular weight is 2250 g/mol. The number of aliphatic hydroxyl groups excluding tert-OH is 5. The van der Waals surface area contributed by atoms with E-state index in [4.69, 9.17) is 93.4 Å². The van der Waals surface area contributed by atoms with Gasteiger partial charge in [-0.2, -0.15) is 18.7 Å². The molecule has 132 heavy (non-hydrogen) atoms. The number of hydrogen-bond acceptors (Lipinski definition) is 68. The van der Waals surface area contributed by atoms with Crippen LogP contribution in [0.4, 0.5) is 0 Å². The quantitative estimate of drug-likeness (QED) is 0.00512. The second-order valence-corrected chi connectivity index (χ2v) is 45.9. The van der Waals surface area contributed by atoms with Gasteiger partial charge < -0.3 is 170 Å². The monoisotopic (exact) mass is 2250 g/mol. The Kier molecular flexibility index (Phi) is 53.1. The number of azide groups is 2. The second-order valence-electron chi connectivity index (χ2n) is 23.4. The minimum absolute atomic E-state index is 0.223. The van der Waals surface area contributed by atoms with E-state index in [1.807, 2.05) is 11.8 Å². The summed E-state index contributed by atoms with van der Waals surface area (Å²) in [6.45, 7) is 0.996. The lowest BCUT2D eigenvalue weighted by Crippen LogP contribution is -2.37. The molecule has 0 aromatic rings. The summed E-state index contributed by atoms with van der Waals surface area (Å²) in [7, 11) is -92.2. The molecule has 0 amide bonds. The fourth-order valence-electron chi connectivity index (χ4n) is 8.81. The van der Waals surface area contributed by atoms with Crippen LogP contribution in [0.5, 0.6) is 0 Å². The van der Waals surface area contributed by atoms with Gasteiger partial charge in [0.25, 0.3) is 86.0 Å². The Morgan fingerprint density at radius 3 is 0.894 bits per heavy atom. The topological polar surface area (TPSA) is 1200 Å². The van der Waals surface area contributed by atoms with Crippen molar-refractivity contribution in [1.29, 1.82) is 0 Å². The molecule has 0 bridgehead atoms. The van der Waals surface area contributed by atoms with Gasteiger partial charge in [0.05, 0.1) is 50.3 Å². The first-order valence-corrected chi connectivity index (χ1v) is 55.9. The van der Waals surface area contributed by atoms with E-state index in [1.54, 1.807) is 0 Å². The minimum Gasteiger partial charge on any atom is -0.756 e. The largest absolute Gasteiger partial charge is 0.756 e. The fraction of sp³-hybridized carbons (Fsp3) is 0.846. The molecule has 5 fully saturated rings. The summed E-state index contributed by atoms with van der Waals surface area (Å²) >= 11 is 0. The predicted octanol–water partition coefficient (Wildman–Crippen LogP) is -9.14. The van der Waals surface area contributed by atoms with Gasteiger partial charge in [-0.25, -0.2) is 54.1 Å². The number of phosphoric ester groups is 7. The number of hydrogen-bond donors (Lipinski definition) is 12. The van der Waals surface area contributed by atoms with Crippen LogP contribution in [0.2, 0.25) is 0 Å². The summed E-state index contributed by atoms with van der Waals surface area (Å²) in [6, 6.07) is 0. The Bertz CT molecular complexity index is 4810. The van der Waals surface area contributed by atoms with E-state index >= 15 is 0 Å². The van der Waals surface area contributed by atoms with Crippen molar-refractivity contribution in [3.63, 3.8) is 0 Å². The number of ether oxygens (including phenoxy) is 8. The number of aliphatic hydroxyl groups is 5. The SMILES string of the molecule is C#CCOC1[C@@H](COP(=O)([O-])OP(=O)([O-])OP(=O)([O-])O)O[C@@H](C)[C@H]1O.C#CCO[C@@H]1C(O)[C@H](C)O[C@H]1OP(=O)([O-])OP(=O)([O-])OP(=O)([O-])OO.C#CCO[C@@H]1C(O)[C@H](C)O[C@H]1OP(=O)([O-])OP(=O)([O-])OP(=O)([O-])OOP(=O)([O-])OC[C@H]1O[C@@H](C)[C@@H](O)C1OP(=O)(O)OCN=[N+]=[N-].C[C@@H]1O[C@H](COP(=O)([O-])O)C(OP(=O)(O)OCN=[N+]=[N-])[C@@H]1O.O=P([O-])(O)OP(=O)([O-])OP(=O)([O-])OO. The molecule has 0 radical (unpaired) electrons. The van der Waals surface area contributed by atoms with Crippen molar-refractivity contribution in [2.75, 3.05) is 53.1 Å². The lowest BCUT2D eigenvalue weighted by Gasteiger charge is -2.35. The van der Waals surface area contributed by atoms with Gasteiger partial charge in [-0.3, -0.25) is 91.1 Å². The first kappa shape index (κ1) is 129. The van der Waals surface area contributed by atoms with Crippen LogP contribution in [0.1, 0.15) is 34.6 Å². The molecule has 5 aliphatic rings. The highest BCUT2D eigenvalue weighted by atomic mass is 31.3. The minimum atomic E-state index is -6.54. The fourth-order valence-corrected chi connectivity index (χ4v) is 23.3. The van der Waals surface area contributed by atoms with E-state index in [0.29, 0.717) is 0 Å². The van der Waals surface area contributed by atoms with E-state index in [0.717, 1.165) is 0 Å². The van der Waals surface area contributed by atoms with Crippen molar-refractivity contribution in [1.82, 2.24) is 0 Å². The highest BCUT2D eigenvalue weighted by Gasteiger charge is 2.51. The highest BCUT2D eigenvalue weighted by Crippen LogP contribution is 2.67. The normalized spacial score (nSPS) is 33.1. The van der Waals surface area contributed by atoms with Crippen LogP contribution in [-0.4, -0.2) is 236 Å². The Morgan fingerprint density at radius 2 is 0.583 bits per heavy atom. The number of nitrogens with zero attached hydrogens (tertiary/aromatic N) is 6. The van der Waals surface area contributed by atoms with Crippen LogP contribution in [0.3, 0.4) is 0 Å². The second kappa shape index (κ2) is 54.5. The number of phosphoric acid groups is 16. The smallest absolute Gasteiger partial charge is 0.472 e. The molecule has 77 nitrogen and oxygen atoms in total. The standard InChI is InChI=1S/C15H28N3O23P5.C9H17O13P3.C8H15O14P3.C7H15N3O10P2.H5O11P3/c1-4-5-31-14-12(20)9(3)35-15(14)37-44(25,26)40-46(29,30)41-45(27,28)39-38-43(23,24)32-6-10-13(11(19)8(2)34-10)36-42(21,22)33-7-17-18-16;1-3-4-18-9-7(20-6(2)8(9)10)5-19-24(14,15)22-25(16,17)21-23(11,12)13;1-3-4-17-7-6(9)5(2)18-8(7)19-23(11,12)21-25(15,16)22-24(13,14)20-10;1-4-6(11)7(5(19-4)2-17-21(12,13)14)20-22(15,16)18-3-9-10-8;1-9-13(5,6)11-14(7,8)10-12(2,3)4/h1,8-15,19-20H,5-7H2,2-3H3,(H,21,22)(H,23,24)(H,25,26)(H,27,28)(H,29,30);1,6-10H,4-5H2,2H3,(H,14,15)(H,16,17)(H2,11,12,13);1,5-10H,4H2,2H3,(H,11,12)(H,13,14)(H,15,16);4-7,11H,2-3H2,1H3,(H,15,16)(H2,12,13,14);1H,(H,5,6)(H,7,8)(H2,2,3,4)/p-14/t8-,9-,10+,11+,12?,13?,14+,15-;6-,7+,8+,9?;5-,6?,7+,8-;4-,5+,6+,7?;/m0000./s1. The third kappa shape index (κ3) is 51.6. The summed E-state index contributed by atoms with van der Waals surface area (Å²) < 4.78 is 296. The van der Waals surface area contributed by atoms with E-state index in [9.17, 15) is 177 Å². The van der Waals surface area contributed by atoms with E-state index < -0.39 is 288 Å². The molecule has 0 saturated carbocycles. The van der Waals surface area contributed by atoms with Crippen LogP contribution in [0.15, 0.2) is 10.2 Å². The molecule has 21 unspecified atom stereocenters. The summed E-state index contributed by atoms with van der Waals surface area (Å²) in [5.41, 5.74) is 16.2. The van der Waals surface area contributed by atoms with Gasteiger partial charge >= 0.3 is 39.1 Å². The van der Waals surface area contributed by atoms with Crippen molar-refractivity contribution in [3.8, 4) is 37.0 Å². The zero-order chi connectivity index (χ0) is 103.